The molecule has 3 heteroatoms. The largest absolute Gasteiger partial charge is 0.440 e. The van der Waals surface area contributed by atoms with Gasteiger partial charge in [-0.3, -0.25) is 0 Å². The van der Waals surface area contributed by atoms with Gasteiger partial charge in [-0.25, -0.2) is 4.98 Å². The molecule has 0 N–H and O–H groups in total. The summed E-state index contributed by atoms with van der Waals surface area (Å²) in [6, 6.07) is 14.3. The number of fused-ring (bicyclic) bond motifs is 1. The van der Waals surface area contributed by atoms with E-state index in [0.717, 1.165) is 21.1 Å². The van der Waals surface area contributed by atoms with Crippen LogP contribution in [-0.4, -0.2) is 4.98 Å². The van der Waals surface area contributed by atoms with Gasteiger partial charge in [-0.1, -0.05) is 30.3 Å². The van der Waals surface area contributed by atoms with Gasteiger partial charge < -0.3 is 4.42 Å². The molecule has 17 heavy (non-hydrogen) atoms. The van der Waals surface area contributed by atoms with Crippen molar-refractivity contribution in [2.24, 2.45) is 0 Å². The molecule has 84 valence electrons. The van der Waals surface area contributed by atoms with Crippen LogP contribution in [0.1, 0.15) is 5.89 Å². The molecular weight excluding hydrogens is 278 g/mol. The maximum absolute atomic E-state index is 5.53. The predicted octanol–water partition coefficient (Wildman–Crippen LogP) is 4.57. The summed E-state index contributed by atoms with van der Waals surface area (Å²) >= 11 is 3.52. The SMILES string of the molecule is Cc1nc2cc(-c3ccccc3)cc(Br)c2o1. The molecule has 0 aliphatic heterocycles. The third-order valence-corrected chi connectivity index (χ3v) is 3.25. The Morgan fingerprint density at radius 2 is 1.82 bits per heavy atom. The van der Waals surface area contributed by atoms with E-state index in [-0.39, 0.29) is 0 Å². The molecule has 0 spiro atoms. The van der Waals surface area contributed by atoms with Crippen LogP contribution in [0.5, 0.6) is 0 Å². The Labute approximate surface area is 107 Å². The number of aryl methyl sites for hydroxylation is 1. The second-order valence-corrected chi connectivity index (χ2v) is 4.76. The van der Waals surface area contributed by atoms with Crippen LogP contribution in [0.25, 0.3) is 22.2 Å². The van der Waals surface area contributed by atoms with Gasteiger partial charge in [0, 0.05) is 6.92 Å². The minimum absolute atomic E-state index is 0.686. The summed E-state index contributed by atoms with van der Waals surface area (Å²) < 4.78 is 6.47. The summed E-state index contributed by atoms with van der Waals surface area (Å²) in [7, 11) is 0. The van der Waals surface area contributed by atoms with Gasteiger partial charge in [-0.05, 0) is 39.2 Å². The molecule has 0 radical (unpaired) electrons. The molecule has 0 saturated heterocycles. The van der Waals surface area contributed by atoms with Gasteiger partial charge in [0.15, 0.2) is 11.5 Å². The van der Waals surface area contributed by atoms with E-state index < -0.39 is 0 Å². The Hall–Kier alpha value is -1.61. The Morgan fingerprint density at radius 3 is 2.59 bits per heavy atom. The van der Waals surface area contributed by atoms with Crippen LogP contribution < -0.4 is 0 Å². The third kappa shape index (κ3) is 1.87. The lowest BCUT2D eigenvalue weighted by atomic mass is 10.1. The molecular formula is C14H10BrNO. The molecule has 2 nitrogen and oxygen atoms in total. The summed E-state index contributed by atoms with van der Waals surface area (Å²) in [5, 5.41) is 0. The van der Waals surface area contributed by atoms with Crippen molar-refractivity contribution in [3.63, 3.8) is 0 Å². The maximum atomic E-state index is 5.53. The maximum Gasteiger partial charge on any atom is 0.192 e. The van der Waals surface area contributed by atoms with Crippen molar-refractivity contribution >= 4 is 27.0 Å². The average molecular weight is 288 g/mol. The number of nitrogens with zero attached hydrogens (tertiary/aromatic N) is 1. The van der Waals surface area contributed by atoms with Gasteiger partial charge in [0.25, 0.3) is 0 Å². The monoisotopic (exact) mass is 287 g/mol. The number of rotatable bonds is 1. The molecule has 0 fully saturated rings. The second kappa shape index (κ2) is 4.00. The zero-order valence-corrected chi connectivity index (χ0v) is 10.9. The van der Waals surface area contributed by atoms with E-state index in [1.54, 1.807) is 0 Å². The standard InChI is InChI=1S/C14H10BrNO/c1-9-16-13-8-11(7-12(15)14(13)17-9)10-5-3-2-4-6-10/h2-8H,1H3. The highest BCUT2D eigenvalue weighted by atomic mass is 79.9. The van der Waals surface area contributed by atoms with Gasteiger partial charge in [-0.2, -0.15) is 0 Å². The smallest absolute Gasteiger partial charge is 0.192 e. The van der Waals surface area contributed by atoms with E-state index in [9.17, 15) is 0 Å². The number of hydrogen-bond acceptors (Lipinski definition) is 2. The van der Waals surface area contributed by atoms with Gasteiger partial charge >= 0.3 is 0 Å². The molecule has 0 saturated carbocycles. The molecule has 0 amide bonds. The van der Waals surface area contributed by atoms with Gasteiger partial charge in [0.1, 0.15) is 5.52 Å². The minimum atomic E-state index is 0.686. The normalized spacial score (nSPS) is 10.9. The molecule has 0 bridgehead atoms. The average Bonchev–Trinajstić information content (AvgIpc) is 2.71. The number of hydrogen-bond donors (Lipinski definition) is 0. The van der Waals surface area contributed by atoms with Crippen molar-refractivity contribution in [2.75, 3.05) is 0 Å². The first-order chi connectivity index (χ1) is 8.24. The van der Waals surface area contributed by atoms with Gasteiger partial charge in [0.2, 0.25) is 0 Å². The molecule has 3 rings (SSSR count). The lowest BCUT2D eigenvalue weighted by Crippen LogP contribution is -1.79. The predicted molar refractivity (Wildman–Crippen MR) is 71.9 cm³/mol. The van der Waals surface area contributed by atoms with E-state index in [1.807, 2.05) is 31.2 Å². The van der Waals surface area contributed by atoms with Crippen LogP contribution >= 0.6 is 15.9 Å². The zero-order chi connectivity index (χ0) is 11.8. The van der Waals surface area contributed by atoms with Crippen LogP contribution in [0.2, 0.25) is 0 Å². The molecule has 1 aromatic heterocycles. The summed E-state index contributed by atoms with van der Waals surface area (Å²) in [5.41, 5.74) is 4.01. The molecule has 2 aromatic carbocycles. The molecule has 3 aromatic rings. The number of aromatic nitrogens is 1. The van der Waals surface area contributed by atoms with Crippen LogP contribution in [0.3, 0.4) is 0 Å². The van der Waals surface area contributed by atoms with E-state index in [1.165, 1.54) is 5.56 Å². The second-order valence-electron chi connectivity index (χ2n) is 3.91. The zero-order valence-electron chi connectivity index (χ0n) is 9.27. The molecule has 0 unspecified atom stereocenters. The summed E-state index contributed by atoms with van der Waals surface area (Å²) in [5.74, 6) is 0.686. The van der Waals surface area contributed by atoms with E-state index in [4.69, 9.17) is 4.42 Å². The highest BCUT2D eigenvalue weighted by Gasteiger charge is 2.09. The van der Waals surface area contributed by atoms with Crippen LogP contribution in [0.15, 0.2) is 51.4 Å². The molecule has 0 aliphatic carbocycles. The minimum Gasteiger partial charge on any atom is -0.440 e. The van der Waals surface area contributed by atoms with Crippen molar-refractivity contribution in [1.29, 1.82) is 0 Å². The number of benzene rings is 2. The fourth-order valence-corrected chi connectivity index (χ4v) is 2.43. The first-order valence-corrected chi connectivity index (χ1v) is 6.15. The van der Waals surface area contributed by atoms with Crippen molar-refractivity contribution < 1.29 is 4.42 Å². The van der Waals surface area contributed by atoms with Crippen molar-refractivity contribution in [3.05, 3.63) is 52.8 Å². The molecule has 0 aliphatic rings. The fourth-order valence-electron chi connectivity index (χ4n) is 1.90. The fraction of sp³-hybridized carbons (Fsp3) is 0.0714. The van der Waals surface area contributed by atoms with Gasteiger partial charge in [-0.15, -0.1) is 0 Å². The molecule has 0 atom stereocenters. The Morgan fingerprint density at radius 1 is 1.06 bits per heavy atom. The molecule has 1 heterocycles. The summed E-state index contributed by atoms with van der Waals surface area (Å²) in [6.45, 7) is 1.86. The van der Waals surface area contributed by atoms with Crippen molar-refractivity contribution in [2.45, 2.75) is 6.92 Å². The van der Waals surface area contributed by atoms with Crippen molar-refractivity contribution in [1.82, 2.24) is 4.98 Å². The highest BCUT2D eigenvalue weighted by Crippen LogP contribution is 2.31. The lowest BCUT2D eigenvalue weighted by Gasteiger charge is -2.02. The van der Waals surface area contributed by atoms with Crippen molar-refractivity contribution in [3.8, 4) is 11.1 Å². The summed E-state index contributed by atoms with van der Waals surface area (Å²) in [6.07, 6.45) is 0. The Kier molecular flexibility index (Phi) is 2.48. The number of halogens is 1. The van der Waals surface area contributed by atoms with E-state index >= 15 is 0 Å². The van der Waals surface area contributed by atoms with Crippen LogP contribution in [0.4, 0.5) is 0 Å². The third-order valence-electron chi connectivity index (χ3n) is 2.66. The number of oxazole rings is 1. The Balaban J connectivity index is 2.25. The lowest BCUT2D eigenvalue weighted by molar-refractivity contribution is 0.559. The first kappa shape index (κ1) is 10.5. The summed E-state index contributed by atoms with van der Waals surface area (Å²) in [4.78, 5) is 4.36. The Bertz CT molecular complexity index is 673. The topological polar surface area (TPSA) is 26.0 Å². The van der Waals surface area contributed by atoms with Crippen LogP contribution in [-0.2, 0) is 0 Å². The first-order valence-electron chi connectivity index (χ1n) is 5.36. The van der Waals surface area contributed by atoms with Gasteiger partial charge in [0.05, 0.1) is 4.47 Å². The highest BCUT2D eigenvalue weighted by molar-refractivity contribution is 9.10. The quantitative estimate of drug-likeness (QED) is 0.655. The van der Waals surface area contributed by atoms with E-state index in [2.05, 4.69) is 39.1 Å². The van der Waals surface area contributed by atoms with E-state index in [0.29, 0.717) is 5.89 Å². The van der Waals surface area contributed by atoms with Crippen LogP contribution in [0, 0.1) is 6.92 Å².